The van der Waals surface area contributed by atoms with Gasteiger partial charge in [-0.15, -0.1) is 0 Å². The first-order valence-corrected chi connectivity index (χ1v) is 9.68. The maximum Gasteiger partial charge on any atom is 0.312 e. The summed E-state index contributed by atoms with van der Waals surface area (Å²) in [6.45, 7) is 4.18. The van der Waals surface area contributed by atoms with Crippen LogP contribution < -0.4 is 16.0 Å². The first-order valence-electron chi connectivity index (χ1n) is 9.68. The van der Waals surface area contributed by atoms with Crippen molar-refractivity contribution in [3.63, 3.8) is 0 Å². The van der Waals surface area contributed by atoms with Gasteiger partial charge in [0.2, 0.25) is 5.91 Å². The summed E-state index contributed by atoms with van der Waals surface area (Å²) in [6.07, 6.45) is 0.167. The Morgan fingerprint density at radius 2 is 1.59 bits per heavy atom. The molecule has 0 aromatic heterocycles. The molecule has 0 aliphatic carbocycles. The molecule has 1 aliphatic rings. The van der Waals surface area contributed by atoms with E-state index in [9.17, 15) is 14.4 Å². The highest BCUT2D eigenvalue weighted by atomic mass is 16.2. The second-order valence-corrected chi connectivity index (χ2v) is 7.15. The van der Waals surface area contributed by atoms with Crippen molar-refractivity contribution in [1.82, 2.24) is 10.2 Å². The summed E-state index contributed by atoms with van der Waals surface area (Å²) < 4.78 is 0. The van der Waals surface area contributed by atoms with Crippen molar-refractivity contribution in [1.29, 1.82) is 0 Å². The molecule has 3 N–H and O–H groups in total. The number of benzene rings is 2. The maximum atomic E-state index is 12.8. The molecule has 3 rings (SSSR count). The fourth-order valence-corrected chi connectivity index (χ4v) is 3.53. The van der Waals surface area contributed by atoms with E-state index in [1.807, 2.05) is 59.5 Å². The van der Waals surface area contributed by atoms with Crippen LogP contribution in [0.3, 0.4) is 0 Å². The number of primary amides is 1. The molecule has 7 nitrogen and oxygen atoms in total. The number of rotatable bonds is 6. The highest BCUT2D eigenvalue weighted by Gasteiger charge is 2.25. The van der Waals surface area contributed by atoms with Crippen molar-refractivity contribution in [3.8, 4) is 0 Å². The van der Waals surface area contributed by atoms with Crippen LogP contribution >= 0.6 is 0 Å². The van der Waals surface area contributed by atoms with Gasteiger partial charge in [0.05, 0.1) is 12.5 Å². The van der Waals surface area contributed by atoms with E-state index in [-0.39, 0.29) is 18.1 Å². The molecule has 0 saturated carbocycles. The molecule has 0 unspecified atom stereocenters. The molecule has 2 aromatic rings. The van der Waals surface area contributed by atoms with Crippen molar-refractivity contribution in [2.75, 3.05) is 31.1 Å². The number of carbonyl (C=O) groups is 3. The van der Waals surface area contributed by atoms with Crippen LogP contribution in [0.15, 0.2) is 54.6 Å². The number of ketones is 1. The van der Waals surface area contributed by atoms with E-state index in [1.54, 1.807) is 6.92 Å². The van der Waals surface area contributed by atoms with Gasteiger partial charge in [-0.1, -0.05) is 30.3 Å². The lowest BCUT2D eigenvalue weighted by Gasteiger charge is -2.36. The lowest BCUT2D eigenvalue weighted by molar-refractivity contribution is -0.132. The molecule has 1 saturated heterocycles. The summed E-state index contributed by atoms with van der Waals surface area (Å²) in [4.78, 5) is 39.6. The number of piperazine rings is 1. The molecule has 1 aliphatic heterocycles. The summed E-state index contributed by atoms with van der Waals surface area (Å²) >= 11 is 0. The Morgan fingerprint density at radius 1 is 0.966 bits per heavy atom. The number of anilines is 1. The molecule has 3 amide bonds. The number of carbonyl (C=O) groups excluding carboxylic acids is 3. The Balaban J connectivity index is 1.58. The third-order valence-corrected chi connectivity index (χ3v) is 5.17. The van der Waals surface area contributed by atoms with Crippen molar-refractivity contribution in [2.24, 2.45) is 5.73 Å². The molecule has 7 heteroatoms. The van der Waals surface area contributed by atoms with Crippen molar-refractivity contribution >= 4 is 23.4 Å². The van der Waals surface area contributed by atoms with Crippen molar-refractivity contribution in [2.45, 2.75) is 19.4 Å². The van der Waals surface area contributed by atoms with Gasteiger partial charge >= 0.3 is 6.03 Å². The molecule has 1 heterocycles. The molecule has 0 spiro atoms. The van der Waals surface area contributed by atoms with Crippen LogP contribution in [0.4, 0.5) is 10.5 Å². The van der Waals surface area contributed by atoms with Crippen LogP contribution in [0.2, 0.25) is 0 Å². The minimum atomic E-state index is -0.648. The molecule has 0 radical (unpaired) electrons. The topological polar surface area (TPSA) is 95.7 Å². The first kappa shape index (κ1) is 20.4. The van der Waals surface area contributed by atoms with Crippen LogP contribution in [0.1, 0.15) is 35.3 Å². The van der Waals surface area contributed by atoms with Gasteiger partial charge in [0, 0.05) is 37.4 Å². The number of nitrogens with two attached hydrogens (primary N) is 1. The summed E-state index contributed by atoms with van der Waals surface area (Å²) in [5.74, 6) is 0.0312. The van der Waals surface area contributed by atoms with Gasteiger partial charge in [-0.05, 0) is 36.8 Å². The number of nitrogens with zero attached hydrogens (tertiary/aromatic N) is 2. The summed E-state index contributed by atoms with van der Waals surface area (Å²) in [5, 5.41) is 2.67. The fraction of sp³-hybridized carbons (Fsp3) is 0.318. The van der Waals surface area contributed by atoms with Gasteiger partial charge in [-0.25, -0.2) is 4.79 Å². The minimum absolute atomic E-state index is 0.0146. The van der Waals surface area contributed by atoms with Crippen molar-refractivity contribution < 1.29 is 14.4 Å². The number of amides is 3. The molecular formula is C22H26N4O3. The second kappa shape index (κ2) is 9.23. The summed E-state index contributed by atoms with van der Waals surface area (Å²) in [7, 11) is 0. The monoisotopic (exact) mass is 394 g/mol. The summed E-state index contributed by atoms with van der Waals surface area (Å²) in [5.41, 5.74) is 7.88. The van der Waals surface area contributed by atoms with E-state index in [4.69, 9.17) is 5.73 Å². The first-order chi connectivity index (χ1) is 13.9. The molecule has 1 fully saturated rings. The number of nitrogens with one attached hydrogen (secondary N) is 1. The fourth-order valence-electron chi connectivity index (χ4n) is 3.53. The molecule has 29 heavy (non-hydrogen) atoms. The van der Waals surface area contributed by atoms with E-state index < -0.39 is 12.1 Å². The highest BCUT2D eigenvalue weighted by molar-refractivity contribution is 5.94. The average Bonchev–Trinajstić information content (AvgIpc) is 2.73. The van der Waals surface area contributed by atoms with Gasteiger partial charge < -0.3 is 20.9 Å². The number of Topliss-reactive ketones (excluding diaryl/α,β-unsaturated/α-hetero) is 1. The zero-order valence-corrected chi connectivity index (χ0v) is 16.5. The molecule has 1 atom stereocenters. The van der Waals surface area contributed by atoms with Crippen molar-refractivity contribution in [3.05, 3.63) is 65.7 Å². The Morgan fingerprint density at radius 3 is 2.14 bits per heavy atom. The van der Waals surface area contributed by atoms with Crippen LogP contribution in [0.5, 0.6) is 0 Å². The largest absolute Gasteiger partial charge is 0.368 e. The second-order valence-electron chi connectivity index (χ2n) is 7.15. The summed E-state index contributed by atoms with van der Waals surface area (Å²) in [6, 6.07) is 15.8. The SMILES string of the molecule is CC(=O)c1ccc(N2CCN(C(=O)C[C@H](NC(N)=O)c3ccccc3)CC2)cc1. The maximum absolute atomic E-state index is 12.8. The Hall–Kier alpha value is -3.35. The average molecular weight is 394 g/mol. The Bertz CT molecular complexity index is 859. The molecule has 152 valence electrons. The lowest BCUT2D eigenvalue weighted by Crippen LogP contribution is -2.49. The van der Waals surface area contributed by atoms with E-state index >= 15 is 0 Å². The van der Waals surface area contributed by atoms with Gasteiger partial charge in [0.1, 0.15) is 0 Å². The zero-order chi connectivity index (χ0) is 20.8. The zero-order valence-electron chi connectivity index (χ0n) is 16.5. The van der Waals surface area contributed by atoms with E-state index in [0.717, 1.165) is 11.3 Å². The lowest BCUT2D eigenvalue weighted by atomic mass is 10.0. The Kier molecular flexibility index (Phi) is 6.49. The third kappa shape index (κ3) is 5.34. The van der Waals surface area contributed by atoms with E-state index in [1.165, 1.54) is 0 Å². The van der Waals surface area contributed by atoms with E-state index in [0.29, 0.717) is 31.7 Å². The Labute approximate surface area is 170 Å². The third-order valence-electron chi connectivity index (χ3n) is 5.17. The van der Waals surface area contributed by atoms with Gasteiger partial charge in [-0.3, -0.25) is 9.59 Å². The number of urea groups is 1. The van der Waals surface area contributed by atoms with E-state index in [2.05, 4.69) is 10.2 Å². The molecule has 2 aromatic carbocycles. The van der Waals surface area contributed by atoms with Gasteiger partial charge in [-0.2, -0.15) is 0 Å². The number of hydrogen-bond acceptors (Lipinski definition) is 4. The quantitative estimate of drug-likeness (QED) is 0.735. The minimum Gasteiger partial charge on any atom is -0.368 e. The number of hydrogen-bond donors (Lipinski definition) is 2. The predicted octanol–water partition coefficient (Wildman–Crippen LogP) is 2.34. The van der Waals surface area contributed by atoms with Gasteiger partial charge in [0.25, 0.3) is 0 Å². The standard InChI is InChI=1S/C22H26N4O3/c1-16(27)17-7-9-19(10-8-17)25-11-13-26(14-12-25)21(28)15-20(24-22(23)29)18-5-3-2-4-6-18/h2-10,20H,11-15H2,1H3,(H3,23,24,29)/t20-/m0/s1. The van der Waals surface area contributed by atoms with Gasteiger partial charge in [0.15, 0.2) is 5.78 Å². The normalized spacial score (nSPS) is 14.9. The van der Waals surface area contributed by atoms with Crippen LogP contribution in [-0.4, -0.2) is 48.8 Å². The molecule has 0 bridgehead atoms. The molecular weight excluding hydrogens is 368 g/mol. The highest BCUT2D eigenvalue weighted by Crippen LogP contribution is 2.21. The van der Waals surface area contributed by atoms with Crippen LogP contribution in [0.25, 0.3) is 0 Å². The predicted molar refractivity (Wildman–Crippen MR) is 112 cm³/mol. The van der Waals surface area contributed by atoms with Crippen LogP contribution in [0, 0.1) is 0 Å². The van der Waals surface area contributed by atoms with Crippen LogP contribution in [-0.2, 0) is 4.79 Å². The smallest absolute Gasteiger partial charge is 0.312 e.